The second-order valence-electron chi connectivity index (χ2n) is 10.7. The van der Waals surface area contributed by atoms with E-state index in [0.29, 0.717) is 30.7 Å². The molecule has 1 atom stereocenters. The van der Waals surface area contributed by atoms with Crippen LogP contribution in [0.15, 0.2) is 4.52 Å². The molecule has 1 aromatic heterocycles. The summed E-state index contributed by atoms with van der Waals surface area (Å²) in [4.78, 5) is 17.2. The summed E-state index contributed by atoms with van der Waals surface area (Å²) in [6.07, 6.45) is 16.8. The molecule has 2 fully saturated rings. The molecule has 2 saturated carbocycles. The largest absolute Gasteiger partial charge is 0.460 e. The van der Waals surface area contributed by atoms with E-state index >= 15 is 0 Å². The third-order valence-corrected chi connectivity index (χ3v) is 6.71. The fraction of sp³-hybridized carbons (Fsp3) is 0.880. The van der Waals surface area contributed by atoms with Crippen LogP contribution >= 0.6 is 0 Å². The molecule has 1 N–H and O–H groups in total. The molecule has 1 aromatic rings. The Morgan fingerprint density at radius 2 is 1.77 bits per heavy atom. The maximum atomic E-state index is 12.5. The normalized spacial score (nSPS) is 20.0. The number of hydrogen-bond donors (Lipinski definition) is 1. The summed E-state index contributed by atoms with van der Waals surface area (Å²) in [5.41, 5.74) is -0.479. The van der Waals surface area contributed by atoms with E-state index in [1.165, 1.54) is 70.6 Å². The summed E-state index contributed by atoms with van der Waals surface area (Å²) >= 11 is 0. The molecule has 0 aliphatic heterocycles. The van der Waals surface area contributed by atoms with Crippen molar-refractivity contribution in [2.75, 3.05) is 0 Å². The number of ether oxygens (including phenoxy) is 1. The predicted molar refractivity (Wildman–Crippen MR) is 122 cm³/mol. The van der Waals surface area contributed by atoms with Gasteiger partial charge < -0.3 is 14.6 Å². The smallest absolute Gasteiger partial charge is 0.307 e. The van der Waals surface area contributed by atoms with E-state index in [-0.39, 0.29) is 11.9 Å². The highest BCUT2D eigenvalue weighted by Crippen LogP contribution is 2.31. The van der Waals surface area contributed by atoms with Crippen molar-refractivity contribution in [3.05, 3.63) is 11.7 Å². The first kappa shape index (κ1) is 24.2. The minimum atomic E-state index is -0.479. The lowest BCUT2D eigenvalue weighted by atomic mass is 9.84. The third-order valence-electron chi connectivity index (χ3n) is 6.71. The van der Waals surface area contributed by atoms with E-state index in [9.17, 15) is 4.79 Å². The van der Waals surface area contributed by atoms with Crippen LogP contribution in [0.25, 0.3) is 0 Å². The lowest BCUT2D eigenvalue weighted by molar-refractivity contribution is -0.155. The van der Waals surface area contributed by atoms with Crippen LogP contribution in [-0.2, 0) is 16.1 Å². The van der Waals surface area contributed by atoms with E-state index in [1.807, 2.05) is 20.8 Å². The minimum absolute atomic E-state index is 0.0608. The van der Waals surface area contributed by atoms with Gasteiger partial charge >= 0.3 is 5.97 Å². The average Bonchev–Trinajstić information content (AvgIpc) is 3.21. The number of carbonyl (C=O) groups is 1. The molecule has 0 spiro atoms. The van der Waals surface area contributed by atoms with Crippen molar-refractivity contribution in [1.29, 1.82) is 0 Å². The highest BCUT2D eigenvalue weighted by Gasteiger charge is 2.26. The minimum Gasteiger partial charge on any atom is -0.460 e. The molecule has 6 nitrogen and oxygen atoms in total. The summed E-state index contributed by atoms with van der Waals surface area (Å²) < 4.78 is 11.2. The first-order valence-electron chi connectivity index (χ1n) is 12.7. The van der Waals surface area contributed by atoms with Gasteiger partial charge in [-0.2, -0.15) is 4.98 Å². The zero-order valence-corrected chi connectivity index (χ0v) is 20.0. The molecule has 2 aliphatic carbocycles. The quantitative estimate of drug-likeness (QED) is 0.452. The zero-order chi connectivity index (χ0) is 22.1. The summed E-state index contributed by atoms with van der Waals surface area (Å²) in [6, 6.07) is 0.559. The number of hydrogen-bond acceptors (Lipinski definition) is 6. The highest BCUT2D eigenvalue weighted by atomic mass is 16.6. The van der Waals surface area contributed by atoms with Crippen LogP contribution in [0.2, 0.25) is 0 Å². The Labute approximate surface area is 188 Å². The molecule has 0 bridgehead atoms. The van der Waals surface area contributed by atoms with Gasteiger partial charge in [0.2, 0.25) is 5.89 Å². The number of esters is 1. The van der Waals surface area contributed by atoms with E-state index in [1.54, 1.807) is 0 Å². The molecule has 176 valence electrons. The van der Waals surface area contributed by atoms with Gasteiger partial charge in [-0.1, -0.05) is 69.4 Å². The Balaban J connectivity index is 1.55. The molecule has 0 amide bonds. The lowest BCUT2D eigenvalue weighted by Gasteiger charge is -2.23. The van der Waals surface area contributed by atoms with Crippen molar-refractivity contribution in [2.24, 2.45) is 5.92 Å². The lowest BCUT2D eigenvalue weighted by Crippen LogP contribution is -2.30. The van der Waals surface area contributed by atoms with Crippen LogP contribution in [-0.4, -0.2) is 27.8 Å². The number of rotatable bonds is 10. The molecule has 0 saturated heterocycles. The Morgan fingerprint density at radius 1 is 1.10 bits per heavy atom. The maximum Gasteiger partial charge on any atom is 0.307 e. The van der Waals surface area contributed by atoms with Crippen LogP contribution < -0.4 is 5.32 Å². The van der Waals surface area contributed by atoms with Gasteiger partial charge in [-0.25, -0.2) is 0 Å². The summed E-state index contributed by atoms with van der Waals surface area (Å²) in [5.74, 6) is 1.88. The highest BCUT2D eigenvalue weighted by molar-refractivity contribution is 5.70. The number of aromatic nitrogens is 2. The van der Waals surface area contributed by atoms with Crippen LogP contribution in [0.4, 0.5) is 0 Å². The van der Waals surface area contributed by atoms with Crippen molar-refractivity contribution in [3.8, 4) is 0 Å². The molecule has 31 heavy (non-hydrogen) atoms. The Kier molecular flexibility index (Phi) is 9.36. The summed E-state index contributed by atoms with van der Waals surface area (Å²) in [7, 11) is 0. The Hall–Kier alpha value is -1.43. The summed E-state index contributed by atoms with van der Waals surface area (Å²) in [5, 5.41) is 7.77. The standard InChI is InChI=1S/C25H43N3O3/c1-25(2,3)30-23(29)17-20(14-10-13-19-11-6-4-7-12-19)24-27-22(28-31-24)18-26-21-15-8-5-9-16-21/h19-21,26H,4-18H2,1-3H3/t20-/m1/s1. The fourth-order valence-corrected chi connectivity index (χ4v) is 5.07. The Morgan fingerprint density at radius 3 is 2.45 bits per heavy atom. The molecule has 1 heterocycles. The molecule has 0 aromatic carbocycles. The molecule has 0 radical (unpaired) electrons. The van der Waals surface area contributed by atoms with Gasteiger partial charge in [0.05, 0.1) is 13.0 Å². The van der Waals surface area contributed by atoms with Gasteiger partial charge in [0.1, 0.15) is 5.60 Å². The topological polar surface area (TPSA) is 77.2 Å². The van der Waals surface area contributed by atoms with E-state index in [2.05, 4.69) is 15.5 Å². The van der Waals surface area contributed by atoms with Crippen molar-refractivity contribution >= 4 is 5.97 Å². The monoisotopic (exact) mass is 433 g/mol. The molecule has 6 heteroatoms. The van der Waals surface area contributed by atoms with Crippen molar-refractivity contribution in [3.63, 3.8) is 0 Å². The van der Waals surface area contributed by atoms with E-state index in [0.717, 1.165) is 18.8 Å². The van der Waals surface area contributed by atoms with Crippen molar-refractivity contribution < 1.29 is 14.1 Å². The number of carbonyl (C=O) groups excluding carboxylic acids is 1. The SMILES string of the molecule is CC(C)(C)OC(=O)C[C@@H](CCCC1CCCCC1)c1nc(CNC2CCCCC2)no1. The average molecular weight is 434 g/mol. The van der Waals surface area contributed by atoms with Gasteiger partial charge in [0.25, 0.3) is 0 Å². The number of nitrogens with zero attached hydrogens (tertiary/aromatic N) is 2. The second kappa shape index (κ2) is 12.0. The van der Waals surface area contributed by atoms with Crippen LogP contribution in [0.1, 0.15) is 128 Å². The Bertz CT molecular complexity index is 655. The zero-order valence-electron chi connectivity index (χ0n) is 20.0. The van der Waals surface area contributed by atoms with Gasteiger partial charge in [0.15, 0.2) is 5.82 Å². The predicted octanol–water partition coefficient (Wildman–Crippen LogP) is 6.06. The summed E-state index contributed by atoms with van der Waals surface area (Å²) in [6.45, 7) is 6.36. The second-order valence-corrected chi connectivity index (χ2v) is 10.7. The fourth-order valence-electron chi connectivity index (χ4n) is 5.07. The van der Waals surface area contributed by atoms with E-state index < -0.39 is 5.60 Å². The van der Waals surface area contributed by atoms with Gasteiger partial charge in [-0.15, -0.1) is 0 Å². The van der Waals surface area contributed by atoms with Crippen LogP contribution in [0, 0.1) is 5.92 Å². The first-order chi connectivity index (χ1) is 14.9. The molecular formula is C25H43N3O3. The van der Waals surface area contributed by atoms with Crippen LogP contribution in [0.3, 0.4) is 0 Å². The van der Waals surface area contributed by atoms with Gasteiger partial charge in [0, 0.05) is 12.0 Å². The van der Waals surface area contributed by atoms with Gasteiger partial charge in [-0.05, 0) is 46.0 Å². The van der Waals surface area contributed by atoms with E-state index in [4.69, 9.17) is 9.26 Å². The third kappa shape index (κ3) is 8.91. The van der Waals surface area contributed by atoms with Crippen LogP contribution in [0.5, 0.6) is 0 Å². The maximum absolute atomic E-state index is 12.5. The van der Waals surface area contributed by atoms with Crippen molar-refractivity contribution in [2.45, 2.75) is 135 Å². The first-order valence-corrected chi connectivity index (χ1v) is 12.7. The molecule has 3 rings (SSSR count). The number of nitrogens with one attached hydrogen (secondary N) is 1. The van der Waals surface area contributed by atoms with Crippen molar-refractivity contribution in [1.82, 2.24) is 15.5 Å². The van der Waals surface area contributed by atoms with Gasteiger partial charge in [-0.3, -0.25) is 4.79 Å². The molecule has 0 unspecified atom stereocenters. The molecular weight excluding hydrogens is 390 g/mol. The molecule has 2 aliphatic rings.